The van der Waals surface area contributed by atoms with Gasteiger partial charge in [0.15, 0.2) is 0 Å². The molecule has 4 rings (SSSR count). The molecule has 2 aromatic rings. The maximum Gasteiger partial charge on any atom is 0.142 e. The fourth-order valence-corrected chi connectivity index (χ4v) is 4.01. The molecule has 0 N–H and O–H groups in total. The molecule has 0 amide bonds. The molecule has 0 bridgehead atoms. The minimum absolute atomic E-state index is 0.254. The highest BCUT2D eigenvalue weighted by Gasteiger charge is 2.20. The van der Waals surface area contributed by atoms with Gasteiger partial charge < -0.3 is 14.5 Å². The van der Waals surface area contributed by atoms with Crippen LogP contribution in [0, 0.1) is 23.2 Å². The molecule has 0 atom stereocenters. The van der Waals surface area contributed by atoms with Crippen molar-refractivity contribution in [2.75, 3.05) is 62.2 Å². The molecule has 0 unspecified atom stereocenters. The summed E-state index contributed by atoms with van der Waals surface area (Å²) in [4.78, 5) is 15.5. The molecule has 4 heterocycles. The highest BCUT2D eigenvalue weighted by Crippen LogP contribution is 2.21. The van der Waals surface area contributed by atoms with Crippen molar-refractivity contribution in [1.29, 1.82) is 5.26 Å². The summed E-state index contributed by atoms with van der Waals surface area (Å²) in [5.41, 5.74) is 1.53. The van der Waals surface area contributed by atoms with E-state index in [1.165, 1.54) is 0 Å². The zero-order valence-electron chi connectivity index (χ0n) is 17.8. The van der Waals surface area contributed by atoms with Gasteiger partial charge in [0.1, 0.15) is 24.2 Å². The number of hydrogen-bond donors (Lipinski definition) is 0. The summed E-state index contributed by atoms with van der Waals surface area (Å²) in [5.74, 6) is 7.51. The van der Waals surface area contributed by atoms with Crippen molar-refractivity contribution in [2.24, 2.45) is 0 Å². The molecule has 7 nitrogen and oxygen atoms in total. The van der Waals surface area contributed by atoms with Crippen molar-refractivity contribution < 1.29 is 4.74 Å². The molecule has 31 heavy (non-hydrogen) atoms. The zero-order chi connectivity index (χ0) is 21.3. The van der Waals surface area contributed by atoms with Crippen LogP contribution in [0.2, 0.25) is 0 Å². The molecule has 2 aliphatic rings. The number of nitrogens with zero attached hydrogens (tertiary/aromatic N) is 6. The van der Waals surface area contributed by atoms with Gasteiger partial charge in [-0.2, -0.15) is 5.26 Å². The lowest BCUT2D eigenvalue weighted by Gasteiger charge is -2.34. The van der Waals surface area contributed by atoms with E-state index >= 15 is 0 Å². The predicted octanol–water partition coefficient (Wildman–Crippen LogP) is 2.16. The van der Waals surface area contributed by atoms with Crippen molar-refractivity contribution >= 4 is 11.5 Å². The van der Waals surface area contributed by atoms with Gasteiger partial charge in [0.25, 0.3) is 0 Å². The van der Waals surface area contributed by atoms with Crippen molar-refractivity contribution in [1.82, 2.24) is 14.9 Å². The van der Waals surface area contributed by atoms with E-state index in [0.29, 0.717) is 12.3 Å². The van der Waals surface area contributed by atoms with Crippen molar-refractivity contribution in [2.45, 2.75) is 18.9 Å². The van der Waals surface area contributed by atoms with Crippen LogP contribution in [0.1, 0.15) is 18.5 Å². The fraction of sp³-hybridized carbons (Fsp3) is 0.458. The second-order valence-corrected chi connectivity index (χ2v) is 7.81. The monoisotopic (exact) mass is 416 g/mol. The second kappa shape index (κ2) is 10.8. The number of pyridine rings is 2. The number of anilines is 2. The third-order valence-corrected chi connectivity index (χ3v) is 5.83. The standard InChI is InChI=1S/C24H28N6O/c25-20-21-19-22(6-10-26-21)29-12-7-23(8-13-29)31-18-4-3-11-28-14-16-30(17-15-28)24-5-1-2-9-27-24/h1-2,5-6,9-10,19,23H,7-8,11-18H2. The number of ether oxygens (including phenoxy) is 1. The number of rotatable bonds is 5. The van der Waals surface area contributed by atoms with Crippen LogP contribution in [-0.4, -0.2) is 73.4 Å². The van der Waals surface area contributed by atoms with Crippen LogP contribution in [0.5, 0.6) is 0 Å². The number of aromatic nitrogens is 2. The van der Waals surface area contributed by atoms with Crippen LogP contribution in [0.25, 0.3) is 0 Å². The summed E-state index contributed by atoms with van der Waals surface area (Å²) in [6.45, 7) is 7.12. The first-order chi connectivity index (χ1) is 15.3. The lowest BCUT2D eigenvalue weighted by molar-refractivity contribution is 0.0594. The highest BCUT2D eigenvalue weighted by atomic mass is 16.5. The van der Waals surface area contributed by atoms with Gasteiger partial charge in [-0.05, 0) is 37.1 Å². The van der Waals surface area contributed by atoms with Gasteiger partial charge in [0.05, 0.1) is 12.6 Å². The number of nitriles is 1. The third-order valence-electron chi connectivity index (χ3n) is 5.83. The molecule has 7 heteroatoms. The SMILES string of the molecule is N#Cc1cc(N2CCC(OCC#CCN3CCN(c4ccccn4)CC3)CC2)ccn1. The van der Waals surface area contributed by atoms with Gasteiger partial charge in [0.2, 0.25) is 0 Å². The Morgan fingerprint density at radius 1 is 0.935 bits per heavy atom. The Bertz CT molecular complexity index is 932. The number of piperazine rings is 1. The first-order valence-electron chi connectivity index (χ1n) is 10.9. The van der Waals surface area contributed by atoms with Crippen LogP contribution in [-0.2, 0) is 4.74 Å². The van der Waals surface area contributed by atoms with Gasteiger partial charge in [-0.3, -0.25) is 4.90 Å². The Hall–Kier alpha value is -3.13. The molecule has 2 aliphatic heterocycles. The molecular weight excluding hydrogens is 388 g/mol. The van der Waals surface area contributed by atoms with Gasteiger partial charge >= 0.3 is 0 Å². The lowest BCUT2D eigenvalue weighted by atomic mass is 10.1. The summed E-state index contributed by atoms with van der Waals surface area (Å²) in [7, 11) is 0. The summed E-state index contributed by atoms with van der Waals surface area (Å²) < 4.78 is 5.98. The first-order valence-corrected chi connectivity index (χ1v) is 10.9. The smallest absolute Gasteiger partial charge is 0.142 e. The number of piperidine rings is 1. The van der Waals surface area contributed by atoms with Crippen LogP contribution in [0.3, 0.4) is 0 Å². The van der Waals surface area contributed by atoms with E-state index in [4.69, 9.17) is 10.00 Å². The molecule has 0 aromatic carbocycles. The van der Waals surface area contributed by atoms with E-state index in [1.807, 2.05) is 30.5 Å². The summed E-state index contributed by atoms with van der Waals surface area (Å²) in [6.07, 6.45) is 5.75. The van der Waals surface area contributed by atoms with Gasteiger partial charge in [-0.15, -0.1) is 0 Å². The maximum atomic E-state index is 9.01. The Labute approximate surface area is 184 Å². The third kappa shape index (κ3) is 5.95. The molecule has 160 valence electrons. The largest absolute Gasteiger partial charge is 0.371 e. The summed E-state index contributed by atoms with van der Waals surface area (Å²) >= 11 is 0. The maximum absolute atomic E-state index is 9.01. The molecule has 0 spiro atoms. The van der Waals surface area contributed by atoms with Crippen LogP contribution < -0.4 is 9.80 Å². The first kappa shape index (κ1) is 21.1. The van der Waals surface area contributed by atoms with Crippen LogP contribution >= 0.6 is 0 Å². The summed E-state index contributed by atoms with van der Waals surface area (Å²) in [5, 5.41) is 9.01. The van der Waals surface area contributed by atoms with E-state index in [0.717, 1.165) is 70.2 Å². The van der Waals surface area contributed by atoms with Gasteiger partial charge in [0, 0.05) is 57.3 Å². The van der Waals surface area contributed by atoms with E-state index in [2.05, 4.69) is 48.6 Å². The van der Waals surface area contributed by atoms with Crippen LogP contribution in [0.15, 0.2) is 42.7 Å². The minimum Gasteiger partial charge on any atom is -0.371 e. The topological polar surface area (TPSA) is 68.5 Å². The predicted molar refractivity (Wildman–Crippen MR) is 121 cm³/mol. The molecule has 0 radical (unpaired) electrons. The van der Waals surface area contributed by atoms with Crippen molar-refractivity contribution in [3.63, 3.8) is 0 Å². The quantitative estimate of drug-likeness (QED) is 0.692. The van der Waals surface area contributed by atoms with Crippen molar-refractivity contribution in [3.05, 3.63) is 48.4 Å². The van der Waals surface area contributed by atoms with E-state index in [9.17, 15) is 0 Å². The minimum atomic E-state index is 0.254. The Kier molecular flexibility index (Phi) is 7.33. The molecule has 2 fully saturated rings. The van der Waals surface area contributed by atoms with E-state index in [-0.39, 0.29) is 6.10 Å². The second-order valence-electron chi connectivity index (χ2n) is 7.81. The lowest BCUT2D eigenvalue weighted by Crippen LogP contribution is -2.46. The Balaban J connectivity index is 1.12. The highest BCUT2D eigenvalue weighted by molar-refractivity contribution is 5.49. The summed E-state index contributed by atoms with van der Waals surface area (Å²) in [6, 6.07) is 12.0. The normalized spacial score (nSPS) is 17.6. The van der Waals surface area contributed by atoms with Crippen molar-refractivity contribution in [3.8, 4) is 17.9 Å². The number of hydrogen-bond acceptors (Lipinski definition) is 7. The Morgan fingerprint density at radius 3 is 2.52 bits per heavy atom. The molecular formula is C24H28N6O. The van der Waals surface area contributed by atoms with Gasteiger partial charge in [-0.25, -0.2) is 9.97 Å². The molecule has 0 saturated carbocycles. The molecule has 2 saturated heterocycles. The molecule has 0 aliphatic carbocycles. The fourth-order valence-electron chi connectivity index (χ4n) is 4.01. The van der Waals surface area contributed by atoms with Crippen LogP contribution in [0.4, 0.5) is 11.5 Å². The Morgan fingerprint density at radius 2 is 1.77 bits per heavy atom. The van der Waals surface area contributed by atoms with E-state index in [1.54, 1.807) is 6.20 Å². The van der Waals surface area contributed by atoms with E-state index < -0.39 is 0 Å². The van der Waals surface area contributed by atoms with Gasteiger partial charge in [-0.1, -0.05) is 17.9 Å². The zero-order valence-corrected chi connectivity index (χ0v) is 17.8. The molecule has 2 aromatic heterocycles. The average molecular weight is 417 g/mol. The average Bonchev–Trinajstić information content (AvgIpc) is 2.85.